The number of carbonyl (C=O) groups excluding carboxylic acids is 1. The third kappa shape index (κ3) is 3.91. The zero-order valence-electron chi connectivity index (χ0n) is 12.2. The lowest BCUT2D eigenvalue weighted by atomic mass is 9.88. The van der Waals surface area contributed by atoms with Crippen molar-refractivity contribution in [1.82, 2.24) is 5.32 Å². The van der Waals surface area contributed by atoms with E-state index in [0.29, 0.717) is 0 Å². The van der Waals surface area contributed by atoms with Crippen molar-refractivity contribution in [3.63, 3.8) is 0 Å². The van der Waals surface area contributed by atoms with Crippen molar-refractivity contribution < 1.29 is 44.6 Å². The molecule has 1 heterocycles. The Morgan fingerprint density at radius 2 is 2.09 bits per heavy atom. The Hall–Kier alpha value is -1.30. The molecule has 0 spiro atoms. The highest BCUT2D eigenvalue weighted by Gasteiger charge is 2.53. The Balaban J connectivity index is 3.10. The minimum Gasteiger partial charge on any atom is -0.477 e. The number of nitrogens with one attached hydrogen (secondary N) is 1. The standard InChI is InChI=1S/C12H21NO9/c1-5(15)13-8-6(16)3-12(20,11(18)19)22-10(8)9(17)7(4-14)21-2/h6-10,14,16-17,20H,3-4H2,1-2H3,(H,13,15)(H,18,19)/t6-,7+,8+,9+,10+,12-/m0/s1. The van der Waals surface area contributed by atoms with E-state index in [1.54, 1.807) is 0 Å². The Labute approximate surface area is 126 Å². The number of aliphatic carboxylic acids is 1. The van der Waals surface area contributed by atoms with Gasteiger partial charge in [0.1, 0.15) is 18.3 Å². The van der Waals surface area contributed by atoms with E-state index in [1.165, 1.54) is 7.11 Å². The van der Waals surface area contributed by atoms with Crippen LogP contribution in [0.15, 0.2) is 0 Å². The van der Waals surface area contributed by atoms with E-state index in [9.17, 15) is 24.9 Å². The average molecular weight is 323 g/mol. The molecule has 1 fully saturated rings. The van der Waals surface area contributed by atoms with E-state index in [4.69, 9.17) is 19.7 Å². The molecule has 0 aromatic heterocycles. The lowest BCUT2D eigenvalue weighted by molar-refractivity contribution is -0.295. The van der Waals surface area contributed by atoms with Crippen molar-refractivity contribution in [2.24, 2.45) is 0 Å². The summed E-state index contributed by atoms with van der Waals surface area (Å²) in [6.07, 6.45) is -6.47. The van der Waals surface area contributed by atoms with Gasteiger partial charge in [0.15, 0.2) is 0 Å². The van der Waals surface area contributed by atoms with Crippen LogP contribution in [-0.4, -0.2) is 87.4 Å². The monoisotopic (exact) mass is 323 g/mol. The van der Waals surface area contributed by atoms with Crippen molar-refractivity contribution in [3.8, 4) is 0 Å². The molecule has 1 aliphatic heterocycles. The highest BCUT2D eigenvalue weighted by atomic mass is 16.7. The third-order valence-electron chi connectivity index (χ3n) is 3.49. The number of aliphatic hydroxyl groups excluding tert-OH is 3. The molecule has 0 unspecified atom stereocenters. The number of carbonyl (C=O) groups is 2. The summed E-state index contributed by atoms with van der Waals surface area (Å²) in [7, 11) is 1.19. The first-order valence-electron chi connectivity index (χ1n) is 6.56. The normalized spacial score (nSPS) is 34.7. The number of hydrogen-bond donors (Lipinski definition) is 6. The number of methoxy groups -OCH3 is 1. The van der Waals surface area contributed by atoms with Gasteiger partial charge in [-0.1, -0.05) is 0 Å². The first kappa shape index (κ1) is 18.7. The fraction of sp³-hybridized carbons (Fsp3) is 0.833. The zero-order valence-corrected chi connectivity index (χ0v) is 12.2. The average Bonchev–Trinajstić information content (AvgIpc) is 2.42. The van der Waals surface area contributed by atoms with Crippen molar-refractivity contribution in [2.75, 3.05) is 13.7 Å². The summed E-state index contributed by atoms with van der Waals surface area (Å²) in [6, 6.07) is -1.18. The Bertz CT molecular complexity index is 413. The molecule has 1 rings (SSSR count). The SMILES string of the molecule is CO[C@H](CO)[C@@H](O)[C@@H]1O[C@](O)(C(=O)O)C[C@H](O)[C@H]1NC(C)=O. The van der Waals surface area contributed by atoms with Gasteiger partial charge in [-0.2, -0.15) is 0 Å². The van der Waals surface area contributed by atoms with Crippen LogP contribution in [-0.2, 0) is 19.1 Å². The van der Waals surface area contributed by atoms with Crippen LogP contribution < -0.4 is 5.32 Å². The molecule has 1 amide bonds. The molecule has 22 heavy (non-hydrogen) atoms. The lowest BCUT2D eigenvalue weighted by Gasteiger charge is -2.45. The molecule has 0 aromatic rings. The van der Waals surface area contributed by atoms with E-state index in [2.05, 4.69) is 5.32 Å². The molecular formula is C12H21NO9. The van der Waals surface area contributed by atoms with Crippen LogP contribution in [0, 0.1) is 0 Å². The summed E-state index contributed by atoms with van der Waals surface area (Å²) in [4.78, 5) is 22.3. The van der Waals surface area contributed by atoms with Gasteiger partial charge in [-0.15, -0.1) is 0 Å². The van der Waals surface area contributed by atoms with E-state index in [0.717, 1.165) is 6.92 Å². The molecule has 10 heteroatoms. The molecule has 0 saturated carbocycles. The number of amides is 1. The van der Waals surface area contributed by atoms with E-state index >= 15 is 0 Å². The van der Waals surface area contributed by atoms with E-state index in [1.807, 2.05) is 0 Å². The highest BCUT2D eigenvalue weighted by molar-refractivity contribution is 5.76. The maximum atomic E-state index is 11.2. The molecule has 10 nitrogen and oxygen atoms in total. The predicted octanol–water partition coefficient (Wildman–Crippen LogP) is -3.22. The van der Waals surface area contributed by atoms with Crippen molar-refractivity contribution >= 4 is 11.9 Å². The quantitative estimate of drug-likeness (QED) is 0.295. The lowest BCUT2D eigenvalue weighted by Crippen LogP contribution is -2.67. The number of rotatable bonds is 6. The second kappa shape index (κ2) is 7.31. The molecule has 1 saturated heterocycles. The number of hydrogen-bond acceptors (Lipinski definition) is 8. The predicted molar refractivity (Wildman–Crippen MR) is 69.6 cm³/mol. The second-order valence-electron chi connectivity index (χ2n) is 5.12. The van der Waals surface area contributed by atoms with Gasteiger partial charge in [0.25, 0.3) is 5.79 Å². The third-order valence-corrected chi connectivity index (χ3v) is 3.49. The van der Waals surface area contributed by atoms with E-state index in [-0.39, 0.29) is 0 Å². The maximum absolute atomic E-state index is 11.2. The van der Waals surface area contributed by atoms with Crippen LogP contribution in [0.1, 0.15) is 13.3 Å². The first-order chi connectivity index (χ1) is 10.2. The molecule has 128 valence electrons. The molecular weight excluding hydrogens is 302 g/mol. The van der Waals surface area contributed by atoms with Gasteiger partial charge < -0.3 is 40.3 Å². The molecule has 1 aliphatic rings. The smallest absolute Gasteiger partial charge is 0.364 e. The van der Waals surface area contributed by atoms with Gasteiger partial charge >= 0.3 is 5.97 Å². The minimum atomic E-state index is -2.73. The topological polar surface area (TPSA) is 166 Å². The molecule has 0 aliphatic carbocycles. The molecule has 0 radical (unpaired) electrons. The Kier molecular flexibility index (Phi) is 6.23. The van der Waals surface area contributed by atoms with Gasteiger partial charge in [0.05, 0.1) is 18.8 Å². The second-order valence-corrected chi connectivity index (χ2v) is 5.12. The Morgan fingerprint density at radius 3 is 2.50 bits per heavy atom. The first-order valence-corrected chi connectivity index (χ1v) is 6.56. The van der Waals surface area contributed by atoms with Gasteiger partial charge in [-0.25, -0.2) is 4.79 Å². The summed E-state index contributed by atoms with van der Waals surface area (Å²) in [5, 5.41) is 50.6. The van der Waals surface area contributed by atoms with Gasteiger partial charge in [0.2, 0.25) is 5.91 Å². The van der Waals surface area contributed by atoms with Crippen molar-refractivity contribution in [3.05, 3.63) is 0 Å². The summed E-state index contributed by atoms with van der Waals surface area (Å²) >= 11 is 0. The maximum Gasteiger partial charge on any atom is 0.364 e. The number of ether oxygens (including phenoxy) is 2. The van der Waals surface area contributed by atoms with Crippen LogP contribution in [0.5, 0.6) is 0 Å². The molecule has 0 bridgehead atoms. The van der Waals surface area contributed by atoms with Crippen LogP contribution in [0.2, 0.25) is 0 Å². The largest absolute Gasteiger partial charge is 0.477 e. The molecule has 0 aromatic carbocycles. The fourth-order valence-corrected chi connectivity index (χ4v) is 2.34. The number of carboxylic acid groups (broad SMARTS) is 1. The van der Waals surface area contributed by atoms with Crippen LogP contribution in [0.3, 0.4) is 0 Å². The Morgan fingerprint density at radius 1 is 1.50 bits per heavy atom. The van der Waals surface area contributed by atoms with Crippen molar-refractivity contribution in [1.29, 1.82) is 0 Å². The molecule has 6 atom stereocenters. The fourth-order valence-electron chi connectivity index (χ4n) is 2.34. The minimum absolute atomic E-state index is 0.552. The van der Waals surface area contributed by atoms with Gasteiger partial charge in [-0.3, -0.25) is 4.79 Å². The van der Waals surface area contributed by atoms with Gasteiger partial charge in [-0.05, 0) is 0 Å². The van der Waals surface area contributed by atoms with Gasteiger partial charge in [0, 0.05) is 20.5 Å². The summed E-state index contributed by atoms with van der Waals surface area (Å²) in [5.74, 6) is -5.03. The summed E-state index contributed by atoms with van der Waals surface area (Å²) in [6.45, 7) is 0.542. The van der Waals surface area contributed by atoms with E-state index < -0.39 is 61.1 Å². The van der Waals surface area contributed by atoms with Crippen molar-refractivity contribution in [2.45, 2.75) is 49.6 Å². The van der Waals surface area contributed by atoms with Crippen LogP contribution in [0.4, 0.5) is 0 Å². The van der Waals surface area contributed by atoms with Crippen LogP contribution >= 0.6 is 0 Å². The number of aliphatic hydroxyl groups is 4. The zero-order chi connectivity index (χ0) is 17.1. The summed E-state index contributed by atoms with van der Waals surface area (Å²) < 4.78 is 9.83. The van der Waals surface area contributed by atoms with Crippen LogP contribution in [0.25, 0.3) is 0 Å². The molecule has 6 N–H and O–H groups in total. The highest BCUT2D eigenvalue weighted by Crippen LogP contribution is 2.30. The number of carboxylic acids is 1. The summed E-state index contributed by atoms with van der Waals surface area (Å²) in [5.41, 5.74) is 0.